The van der Waals surface area contributed by atoms with E-state index >= 15 is 0 Å². The molecule has 1 aromatic carbocycles. The van der Waals surface area contributed by atoms with Crippen molar-refractivity contribution in [1.29, 1.82) is 0 Å². The predicted octanol–water partition coefficient (Wildman–Crippen LogP) is 6.22. The van der Waals surface area contributed by atoms with Crippen molar-refractivity contribution in [1.82, 2.24) is 30.5 Å². The maximum absolute atomic E-state index is 13.8. The topological polar surface area (TPSA) is 157 Å². The minimum atomic E-state index is -3.26. The first-order valence-corrected chi connectivity index (χ1v) is 27.1. The highest BCUT2D eigenvalue weighted by atomic mass is 31.2. The van der Waals surface area contributed by atoms with Gasteiger partial charge in [-0.2, -0.15) is 0 Å². The predicted molar refractivity (Wildman–Crippen MR) is 248 cm³/mol. The van der Waals surface area contributed by atoms with Gasteiger partial charge in [0.1, 0.15) is 22.1 Å². The van der Waals surface area contributed by atoms with E-state index in [2.05, 4.69) is 56.1 Å². The van der Waals surface area contributed by atoms with Crippen LogP contribution in [0.3, 0.4) is 0 Å². The van der Waals surface area contributed by atoms with Gasteiger partial charge in [-0.1, -0.05) is 24.0 Å². The number of hydrogen-bond acceptors (Lipinski definition) is 14. The Morgan fingerprint density at radius 1 is 0.607 bits per heavy atom. The fourth-order valence-electron chi connectivity index (χ4n) is 6.58. The van der Waals surface area contributed by atoms with Gasteiger partial charge in [0.2, 0.25) is 22.1 Å². The molecule has 0 saturated heterocycles. The van der Waals surface area contributed by atoms with E-state index in [9.17, 15) is 13.7 Å². The Balaban J connectivity index is 1.59. The Morgan fingerprint density at radius 3 is 1.59 bits per heavy atom. The summed E-state index contributed by atoms with van der Waals surface area (Å²) in [5.41, 5.74) is 5.96. The van der Waals surface area contributed by atoms with Gasteiger partial charge in [0, 0.05) is 90.0 Å². The highest BCUT2D eigenvalue weighted by Gasteiger charge is 2.24. The van der Waals surface area contributed by atoms with Crippen molar-refractivity contribution in [3.8, 4) is 17.6 Å². The monoisotopic (exact) mass is 895 g/mol. The molecule has 3 unspecified atom stereocenters. The summed E-state index contributed by atoms with van der Waals surface area (Å²) in [5, 5.41) is 6.97. The molecule has 14 nitrogen and oxygen atoms in total. The molecular formula is C44H64N7O7P3. The van der Waals surface area contributed by atoms with Crippen LogP contribution in [0.1, 0.15) is 62.8 Å². The fourth-order valence-corrected chi connectivity index (χ4v) is 10.5. The van der Waals surface area contributed by atoms with E-state index in [1.165, 1.54) is 0 Å². The molecule has 0 bridgehead atoms. The SMILES string of the molecule is CCOP(C)(=O)c1cccc(CNCCN(CCNCc2cccc(P(C)(=O)OCC)n2)Cc2cc(C#Cc3ccc(OC)c(N(CC)CC)c3)cc(P(C)(=O)OCC)n2)n1. The van der Waals surface area contributed by atoms with Crippen molar-refractivity contribution in [2.24, 2.45) is 0 Å². The molecule has 2 N–H and O–H groups in total. The highest BCUT2D eigenvalue weighted by Crippen LogP contribution is 2.42. The van der Waals surface area contributed by atoms with E-state index < -0.39 is 22.1 Å². The van der Waals surface area contributed by atoms with Crippen LogP contribution in [0.15, 0.2) is 66.7 Å². The Kier molecular flexibility index (Phi) is 19.8. The minimum absolute atomic E-state index is 0.280. The number of ether oxygens (including phenoxy) is 1. The van der Waals surface area contributed by atoms with E-state index in [1.54, 1.807) is 45.3 Å². The zero-order chi connectivity index (χ0) is 44.5. The number of benzene rings is 1. The van der Waals surface area contributed by atoms with Gasteiger partial charge in [0.05, 0.1) is 49.7 Å². The molecule has 0 radical (unpaired) electrons. The quantitative estimate of drug-likeness (QED) is 0.0439. The van der Waals surface area contributed by atoms with E-state index in [-0.39, 0.29) is 6.61 Å². The van der Waals surface area contributed by atoms with Crippen molar-refractivity contribution in [2.45, 2.75) is 54.3 Å². The number of pyridine rings is 3. The first-order chi connectivity index (χ1) is 29.2. The van der Waals surface area contributed by atoms with Gasteiger partial charge in [-0.3, -0.25) is 18.6 Å². The van der Waals surface area contributed by atoms with Gasteiger partial charge in [0.15, 0.2) is 0 Å². The third-order valence-electron chi connectivity index (χ3n) is 9.67. The lowest BCUT2D eigenvalue weighted by Gasteiger charge is -2.23. The average molecular weight is 896 g/mol. The Labute approximate surface area is 363 Å². The van der Waals surface area contributed by atoms with Crippen LogP contribution in [0.5, 0.6) is 5.75 Å². The molecule has 0 aliphatic carbocycles. The molecule has 332 valence electrons. The van der Waals surface area contributed by atoms with Crippen LogP contribution >= 0.6 is 22.1 Å². The second-order valence-corrected chi connectivity index (χ2v) is 21.6. The molecule has 4 rings (SSSR count). The summed E-state index contributed by atoms with van der Waals surface area (Å²) in [6, 6.07) is 20.6. The summed E-state index contributed by atoms with van der Waals surface area (Å²) in [5.74, 6) is 7.41. The van der Waals surface area contributed by atoms with Crippen molar-refractivity contribution < 1.29 is 32.0 Å². The lowest BCUT2D eigenvalue weighted by molar-refractivity contribution is 0.261. The number of anilines is 1. The zero-order valence-corrected chi connectivity index (χ0v) is 40.0. The number of methoxy groups -OCH3 is 1. The highest BCUT2D eigenvalue weighted by molar-refractivity contribution is 7.66. The van der Waals surface area contributed by atoms with Crippen LogP contribution in [-0.2, 0) is 46.9 Å². The second-order valence-electron chi connectivity index (χ2n) is 14.4. The lowest BCUT2D eigenvalue weighted by Crippen LogP contribution is -2.37. The van der Waals surface area contributed by atoms with Crippen molar-refractivity contribution in [3.05, 3.63) is 94.9 Å². The Hall–Kier alpha value is -3.72. The molecule has 17 heteroatoms. The van der Waals surface area contributed by atoms with Crippen LogP contribution in [0.25, 0.3) is 0 Å². The van der Waals surface area contributed by atoms with Gasteiger partial charge >= 0.3 is 0 Å². The smallest absolute Gasteiger partial charge is 0.247 e. The van der Waals surface area contributed by atoms with Gasteiger partial charge in [0.25, 0.3) is 0 Å². The second kappa shape index (κ2) is 24.2. The van der Waals surface area contributed by atoms with E-state index in [0.717, 1.165) is 41.5 Å². The molecule has 3 aromatic heterocycles. The van der Waals surface area contributed by atoms with Crippen LogP contribution in [0.2, 0.25) is 0 Å². The van der Waals surface area contributed by atoms with Crippen molar-refractivity contribution in [3.63, 3.8) is 0 Å². The molecule has 0 aliphatic heterocycles. The van der Waals surface area contributed by atoms with Crippen LogP contribution < -0.4 is 36.6 Å². The number of hydrogen-bond donors (Lipinski definition) is 2. The number of nitrogens with one attached hydrogen (secondary N) is 2. The average Bonchev–Trinajstić information content (AvgIpc) is 3.23. The lowest BCUT2D eigenvalue weighted by atomic mass is 10.1. The normalized spacial score (nSPS) is 14.4. The summed E-state index contributed by atoms with van der Waals surface area (Å²) >= 11 is 0. The van der Waals surface area contributed by atoms with Crippen LogP contribution in [-0.4, -0.2) is 106 Å². The first kappa shape index (κ1) is 49.9. The Bertz CT molecular complexity index is 2170. The van der Waals surface area contributed by atoms with Gasteiger partial charge < -0.3 is 33.8 Å². The zero-order valence-electron chi connectivity index (χ0n) is 37.3. The molecule has 0 fully saturated rings. The number of aromatic nitrogens is 3. The summed E-state index contributed by atoms with van der Waals surface area (Å²) in [6.07, 6.45) is 0. The minimum Gasteiger partial charge on any atom is -0.495 e. The molecule has 0 saturated carbocycles. The van der Waals surface area contributed by atoms with Crippen molar-refractivity contribution in [2.75, 3.05) is 91.1 Å². The molecule has 3 heterocycles. The number of nitrogens with zero attached hydrogens (tertiary/aromatic N) is 5. The third kappa shape index (κ3) is 15.2. The summed E-state index contributed by atoms with van der Waals surface area (Å²) in [6.45, 7) is 20.9. The van der Waals surface area contributed by atoms with E-state index in [1.807, 2.05) is 69.3 Å². The third-order valence-corrected chi connectivity index (χ3v) is 15.1. The molecular weight excluding hydrogens is 831 g/mol. The molecule has 0 amide bonds. The van der Waals surface area contributed by atoms with E-state index in [0.29, 0.717) is 86.6 Å². The number of rotatable bonds is 25. The maximum atomic E-state index is 13.8. The summed E-state index contributed by atoms with van der Waals surface area (Å²) in [4.78, 5) is 18.6. The maximum Gasteiger partial charge on any atom is 0.247 e. The summed E-state index contributed by atoms with van der Waals surface area (Å²) in [7, 11) is -7.61. The van der Waals surface area contributed by atoms with Gasteiger partial charge in [-0.25, -0.2) is 15.0 Å². The van der Waals surface area contributed by atoms with Crippen LogP contribution in [0, 0.1) is 11.8 Å². The fraction of sp³-hybridized carbons (Fsp3) is 0.477. The largest absolute Gasteiger partial charge is 0.495 e. The summed E-state index contributed by atoms with van der Waals surface area (Å²) < 4.78 is 62.3. The van der Waals surface area contributed by atoms with Gasteiger partial charge in [-0.15, -0.1) is 0 Å². The molecule has 0 aliphatic rings. The van der Waals surface area contributed by atoms with Crippen LogP contribution in [0.4, 0.5) is 5.69 Å². The molecule has 0 spiro atoms. The van der Waals surface area contributed by atoms with Crippen molar-refractivity contribution >= 4 is 44.1 Å². The standard InChI is InChI=1S/C44H64N7O7P3/c1-10-51(11-2)40-30-35(23-24-41(40)55-6)21-22-36-29-39(49-44(31-36)61(9,54)58-14-5)34-50(27-25-45-32-37-17-15-19-42(47-37)59(7,52)56-12-3)28-26-46-33-38-18-16-20-43(48-38)60(8,53)57-13-4/h15-20,23-24,29-31,45-46H,10-14,25-28,32-34H2,1-9H3. The van der Waals surface area contributed by atoms with E-state index in [4.69, 9.17) is 23.3 Å². The Morgan fingerprint density at radius 2 is 1.10 bits per heavy atom. The molecule has 4 aromatic rings. The van der Waals surface area contributed by atoms with Gasteiger partial charge in [-0.05, 0) is 89.2 Å². The molecule has 61 heavy (non-hydrogen) atoms. The molecule has 3 atom stereocenters. The first-order valence-electron chi connectivity index (χ1n) is 20.9.